The number of amides is 1. The van der Waals surface area contributed by atoms with Gasteiger partial charge in [-0.25, -0.2) is 0 Å². The highest BCUT2D eigenvalue weighted by Gasteiger charge is 2.27. The maximum absolute atomic E-state index is 13.0. The summed E-state index contributed by atoms with van der Waals surface area (Å²) in [5.74, 6) is -0.230. The number of likely N-dealkylation sites (N-methyl/N-ethyl adjacent to an activating group) is 1. The number of nitrogens with zero attached hydrogens (tertiary/aromatic N) is 2. The summed E-state index contributed by atoms with van der Waals surface area (Å²) in [6.07, 6.45) is 0. The Morgan fingerprint density at radius 1 is 1.00 bits per heavy atom. The molecule has 2 aromatic rings. The number of hydrogen-bond acceptors (Lipinski definition) is 2. The van der Waals surface area contributed by atoms with Crippen molar-refractivity contribution >= 4 is 17.3 Å². The molecule has 0 radical (unpaired) electrons. The predicted molar refractivity (Wildman–Crippen MR) is 101 cm³/mol. The predicted octanol–water partition coefficient (Wildman–Crippen LogP) is 4.74. The molecule has 3 heteroatoms. The lowest BCUT2D eigenvalue weighted by Crippen LogP contribution is -2.37. The number of aliphatic imine (C=N–C) groups is 1. The quantitative estimate of drug-likeness (QED) is 0.707. The summed E-state index contributed by atoms with van der Waals surface area (Å²) in [6.45, 7) is 9.43. The van der Waals surface area contributed by atoms with E-state index in [-0.39, 0.29) is 11.8 Å². The SMILES string of the molecule is CCN(CC)C(=O)C(C(C)=Nc1ccc(C)cc1)c1ccccc1. The third-order valence-electron chi connectivity index (χ3n) is 4.21. The van der Waals surface area contributed by atoms with Crippen molar-refractivity contribution in [3.05, 3.63) is 65.7 Å². The van der Waals surface area contributed by atoms with Crippen LogP contribution >= 0.6 is 0 Å². The van der Waals surface area contributed by atoms with E-state index in [4.69, 9.17) is 4.99 Å². The molecule has 0 aromatic heterocycles. The summed E-state index contributed by atoms with van der Waals surface area (Å²) in [7, 11) is 0. The second-order valence-electron chi connectivity index (χ2n) is 5.94. The van der Waals surface area contributed by atoms with Gasteiger partial charge in [-0.1, -0.05) is 48.0 Å². The molecule has 0 saturated carbocycles. The minimum absolute atomic E-state index is 0.111. The normalized spacial score (nSPS) is 12.8. The molecule has 1 atom stereocenters. The average molecular weight is 322 g/mol. The lowest BCUT2D eigenvalue weighted by molar-refractivity contribution is -0.130. The number of carbonyl (C=O) groups excluding carboxylic acids is 1. The molecule has 126 valence electrons. The van der Waals surface area contributed by atoms with Crippen molar-refractivity contribution < 1.29 is 4.79 Å². The van der Waals surface area contributed by atoms with Crippen LogP contribution in [0.1, 0.15) is 37.8 Å². The Labute approximate surface area is 145 Å². The van der Waals surface area contributed by atoms with Gasteiger partial charge in [-0.15, -0.1) is 0 Å². The van der Waals surface area contributed by atoms with Gasteiger partial charge in [-0.3, -0.25) is 9.79 Å². The van der Waals surface area contributed by atoms with Crippen molar-refractivity contribution in [2.75, 3.05) is 13.1 Å². The van der Waals surface area contributed by atoms with Crippen molar-refractivity contribution in [1.29, 1.82) is 0 Å². The van der Waals surface area contributed by atoms with Gasteiger partial charge in [0.1, 0.15) is 5.92 Å². The Bertz CT molecular complexity index is 686. The number of carbonyl (C=O) groups is 1. The molecule has 2 aromatic carbocycles. The molecule has 0 aliphatic rings. The number of hydrogen-bond donors (Lipinski definition) is 0. The smallest absolute Gasteiger partial charge is 0.235 e. The zero-order chi connectivity index (χ0) is 17.5. The standard InChI is InChI=1S/C21H26N2O/c1-5-23(6-2)21(24)20(18-10-8-7-9-11-18)17(4)22-19-14-12-16(3)13-15-19/h7-15,20H,5-6H2,1-4H3. The second-order valence-corrected chi connectivity index (χ2v) is 5.94. The highest BCUT2D eigenvalue weighted by Crippen LogP contribution is 2.23. The van der Waals surface area contributed by atoms with E-state index in [0.29, 0.717) is 13.1 Å². The fourth-order valence-corrected chi connectivity index (χ4v) is 2.81. The van der Waals surface area contributed by atoms with Crippen LogP contribution in [0.3, 0.4) is 0 Å². The monoisotopic (exact) mass is 322 g/mol. The Hall–Kier alpha value is -2.42. The van der Waals surface area contributed by atoms with Gasteiger partial charge >= 0.3 is 0 Å². The number of benzene rings is 2. The summed E-state index contributed by atoms with van der Waals surface area (Å²) in [5.41, 5.74) is 3.89. The highest BCUT2D eigenvalue weighted by molar-refractivity contribution is 6.09. The summed E-state index contributed by atoms with van der Waals surface area (Å²) in [5, 5.41) is 0. The topological polar surface area (TPSA) is 32.7 Å². The van der Waals surface area contributed by atoms with Crippen LogP contribution in [0.4, 0.5) is 5.69 Å². The van der Waals surface area contributed by atoms with E-state index in [1.165, 1.54) is 5.56 Å². The van der Waals surface area contributed by atoms with Crippen LogP contribution in [0.15, 0.2) is 59.6 Å². The molecule has 1 amide bonds. The highest BCUT2D eigenvalue weighted by atomic mass is 16.2. The van der Waals surface area contributed by atoms with Crippen LogP contribution in [0, 0.1) is 6.92 Å². The van der Waals surface area contributed by atoms with E-state index in [2.05, 4.69) is 6.92 Å². The number of rotatable bonds is 6. The average Bonchev–Trinajstić information content (AvgIpc) is 2.59. The van der Waals surface area contributed by atoms with E-state index >= 15 is 0 Å². The van der Waals surface area contributed by atoms with Gasteiger partial charge in [0.2, 0.25) is 5.91 Å². The molecule has 24 heavy (non-hydrogen) atoms. The van der Waals surface area contributed by atoms with Crippen LogP contribution in [-0.4, -0.2) is 29.6 Å². The summed E-state index contributed by atoms with van der Waals surface area (Å²) < 4.78 is 0. The van der Waals surface area contributed by atoms with Crippen LogP contribution < -0.4 is 0 Å². The molecule has 3 nitrogen and oxygen atoms in total. The molecule has 0 aliphatic carbocycles. The lowest BCUT2D eigenvalue weighted by Gasteiger charge is -2.25. The first kappa shape index (κ1) is 17.9. The molecule has 1 unspecified atom stereocenters. The maximum Gasteiger partial charge on any atom is 0.235 e. The third kappa shape index (κ3) is 4.31. The minimum Gasteiger partial charge on any atom is -0.342 e. The zero-order valence-electron chi connectivity index (χ0n) is 15.0. The van der Waals surface area contributed by atoms with Gasteiger partial charge in [0, 0.05) is 18.8 Å². The van der Waals surface area contributed by atoms with Gasteiger partial charge in [0.25, 0.3) is 0 Å². The van der Waals surface area contributed by atoms with Crippen molar-refractivity contribution in [1.82, 2.24) is 4.90 Å². The molecule has 0 saturated heterocycles. The summed E-state index contributed by atoms with van der Waals surface area (Å²) >= 11 is 0. The van der Waals surface area contributed by atoms with E-state index < -0.39 is 0 Å². The zero-order valence-corrected chi connectivity index (χ0v) is 15.0. The first-order chi connectivity index (χ1) is 11.6. The Morgan fingerprint density at radius 3 is 2.12 bits per heavy atom. The van der Waals surface area contributed by atoms with Crippen molar-refractivity contribution in [3.63, 3.8) is 0 Å². The maximum atomic E-state index is 13.0. The number of aryl methyl sites for hydroxylation is 1. The van der Waals surface area contributed by atoms with Crippen LogP contribution in [0.25, 0.3) is 0 Å². The van der Waals surface area contributed by atoms with E-state index in [0.717, 1.165) is 17.0 Å². The molecule has 0 fully saturated rings. The van der Waals surface area contributed by atoms with Gasteiger partial charge in [0.05, 0.1) is 5.69 Å². The van der Waals surface area contributed by atoms with E-state index in [1.807, 2.05) is 80.3 Å². The molecular formula is C21H26N2O. The fraction of sp³-hybridized carbons (Fsp3) is 0.333. The molecule has 0 spiro atoms. The lowest BCUT2D eigenvalue weighted by atomic mass is 9.93. The van der Waals surface area contributed by atoms with Gasteiger partial charge in [0.15, 0.2) is 0 Å². The largest absolute Gasteiger partial charge is 0.342 e. The second kappa shape index (κ2) is 8.44. The molecule has 0 N–H and O–H groups in total. The first-order valence-corrected chi connectivity index (χ1v) is 8.52. The Balaban J connectivity index is 2.41. The van der Waals surface area contributed by atoms with Gasteiger partial charge < -0.3 is 4.90 Å². The molecule has 0 heterocycles. The van der Waals surface area contributed by atoms with E-state index in [9.17, 15) is 4.79 Å². The van der Waals surface area contributed by atoms with Crippen LogP contribution in [-0.2, 0) is 4.79 Å². The fourth-order valence-electron chi connectivity index (χ4n) is 2.81. The van der Waals surface area contributed by atoms with E-state index in [1.54, 1.807) is 0 Å². The molecule has 2 rings (SSSR count). The van der Waals surface area contributed by atoms with Crippen molar-refractivity contribution in [2.45, 2.75) is 33.6 Å². The van der Waals surface area contributed by atoms with Crippen molar-refractivity contribution in [2.24, 2.45) is 4.99 Å². The van der Waals surface area contributed by atoms with Crippen molar-refractivity contribution in [3.8, 4) is 0 Å². The minimum atomic E-state index is -0.340. The third-order valence-corrected chi connectivity index (χ3v) is 4.21. The van der Waals surface area contributed by atoms with Crippen LogP contribution in [0.2, 0.25) is 0 Å². The Kier molecular flexibility index (Phi) is 6.30. The van der Waals surface area contributed by atoms with Gasteiger partial charge in [-0.05, 0) is 45.4 Å². The molecule has 0 aliphatic heterocycles. The first-order valence-electron chi connectivity index (χ1n) is 8.52. The molecule has 0 bridgehead atoms. The van der Waals surface area contributed by atoms with Gasteiger partial charge in [-0.2, -0.15) is 0 Å². The molecular weight excluding hydrogens is 296 g/mol. The Morgan fingerprint density at radius 2 is 1.58 bits per heavy atom. The summed E-state index contributed by atoms with van der Waals surface area (Å²) in [6, 6.07) is 18.0. The summed E-state index contributed by atoms with van der Waals surface area (Å²) in [4.78, 5) is 19.6. The van der Waals surface area contributed by atoms with Crippen LogP contribution in [0.5, 0.6) is 0 Å².